The molecule has 41 heavy (non-hydrogen) atoms. The quantitative estimate of drug-likeness (QED) is 0.353. The van der Waals surface area contributed by atoms with Gasteiger partial charge in [-0.2, -0.15) is 0 Å². The summed E-state index contributed by atoms with van der Waals surface area (Å²) in [5.74, 6) is -2.38. The molecule has 0 spiro atoms. The summed E-state index contributed by atoms with van der Waals surface area (Å²) in [4.78, 5) is 52.1. The molecule has 2 N–H and O–H groups in total. The molecule has 0 radical (unpaired) electrons. The molecule has 0 unspecified atom stereocenters. The molecule has 0 aromatic heterocycles. The average Bonchev–Trinajstić information content (AvgIpc) is 3.56. The Morgan fingerprint density at radius 2 is 1.51 bits per heavy atom. The maximum atomic E-state index is 13.5. The summed E-state index contributed by atoms with van der Waals surface area (Å²) in [7, 11) is 0. The third-order valence-corrected chi connectivity index (χ3v) is 7.62. The van der Waals surface area contributed by atoms with Crippen LogP contribution in [0.15, 0.2) is 78.9 Å². The van der Waals surface area contributed by atoms with Gasteiger partial charge in [-0.1, -0.05) is 78.9 Å². The van der Waals surface area contributed by atoms with E-state index < -0.39 is 42.4 Å². The van der Waals surface area contributed by atoms with E-state index >= 15 is 0 Å². The third-order valence-electron chi connectivity index (χ3n) is 7.62. The van der Waals surface area contributed by atoms with E-state index in [4.69, 9.17) is 9.47 Å². The van der Waals surface area contributed by atoms with Crippen molar-refractivity contribution in [2.24, 2.45) is 0 Å². The molecule has 2 atom stereocenters. The van der Waals surface area contributed by atoms with Gasteiger partial charge in [0.25, 0.3) is 0 Å². The molecule has 0 bridgehead atoms. The monoisotopic (exact) mass is 556 g/mol. The number of carboxylic acid groups (broad SMARTS) is 1. The van der Waals surface area contributed by atoms with E-state index in [1.165, 1.54) is 4.90 Å². The first-order chi connectivity index (χ1) is 19.9. The minimum absolute atomic E-state index is 0.0247. The van der Waals surface area contributed by atoms with Crippen LogP contribution in [-0.2, 0) is 30.5 Å². The number of fused-ring (bicyclic) bond motifs is 3. The summed E-state index contributed by atoms with van der Waals surface area (Å²) >= 11 is 0. The van der Waals surface area contributed by atoms with Crippen LogP contribution in [-0.4, -0.2) is 59.2 Å². The van der Waals surface area contributed by atoms with Crippen LogP contribution >= 0.6 is 0 Å². The Kier molecular flexibility index (Phi) is 8.62. The smallest absolute Gasteiger partial charge is 0.407 e. The van der Waals surface area contributed by atoms with Crippen molar-refractivity contribution in [3.05, 3.63) is 95.6 Å². The van der Waals surface area contributed by atoms with Crippen LogP contribution in [0.25, 0.3) is 11.1 Å². The number of nitrogens with zero attached hydrogens (tertiary/aromatic N) is 1. The highest BCUT2D eigenvalue weighted by Crippen LogP contribution is 2.44. The Morgan fingerprint density at radius 3 is 2.17 bits per heavy atom. The van der Waals surface area contributed by atoms with Gasteiger partial charge in [0, 0.05) is 18.5 Å². The minimum Gasteiger partial charge on any atom is -0.481 e. The summed E-state index contributed by atoms with van der Waals surface area (Å²) in [5.41, 5.74) is 5.06. The summed E-state index contributed by atoms with van der Waals surface area (Å²) in [5, 5.41) is 11.9. The Hall–Kier alpha value is -4.66. The maximum absolute atomic E-state index is 13.5. The lowest BCUT2D eigenvalue weighted by atomic mass is 9.98. The zero-order chi connectivity index (χ0) is 28.8. The highest BCUT2D eigenvalue weighted by atomic mass is 16.5. The van der Waals surface area contributed by atoms with Crippen LogP contribution in [0.1, 0.15) is 48.3 Å². The zero-order valence-corrected chi connectivity index (χ0v) is 22.5. The van der Waals surface area contributed by atoms with Gasteiger partial charge in [0.05, 0.1) is 12.8 Å². The summed E-state index contributed by atoms with van der Waals surface area (Å²) in [6.07, 6.45) is -0.280. The number of aliphatic carboxylic acids is 1. The van der Waals surface area contributed by atoms with E-state index in [-0.39, 0.29) is 25.6 Å². The van der Waals surface area contributed by atoms with Crippen molar-refractivity contribution in [3.63, 3.8) is 0 Å². The number of esters is 1. The predicted molar refractivity (Wildman–Crippen MR) is 150 cm³/mol. The molecule has 1 aliphatic carbocycles. The molecule has 0 saturated carbocycles. The van der Waals surface area contributed by atoms with E-state index in [0.29, 0.717) is 19.4 Å². The molecule has 3 aromatic carbocycles. The lowest BCUT2D eigenvalue weighted by Gasteiger charge is -2.28. The first kappa shape index (κ1) is 27.9. The van der Waals surface area contributed by atoms with Crippen LogP contribution in [0, 0.1) is 0 Å². The van der Waals surface area contributed by atoms with Crippen molar-refractivity contribution in [1.29, 1.82) is 0 Å². The van der Waals surface area contributed by atoms with E-state index in [1.807, 2.05) is 78.9 Å². The molecule has 1 fully saturated rings. The molecule has 2 amide bonds. The van der Waals surface area contributed by atoms with Gasteiger partial charge in [-0.15, -0.1) is 0 Å². The van der Waals surface area contributed by atoms with Crippen LogP contribution in [0.5, 0.6) is 0 Å². The number of amides is 2. The molecule has 9 nitrogen and oxygen atoms in total. The van der Waals surface area contributed by atoms with Crippen molar-refractivity contribution in [2.45, 2.75) is 50.3 Å². The standard InChI is InChI=1S/C32H32N2O7/c35-29(36)17-22-11-8-16-34(22)31(38)28(18-30(37)40-19-21-9-2-1-3-10-21)33-32(39)41-20-27-25-14-6-4-12-23(25)24-13-5-7-15-26(24)27/h1-7,9-10,12-15,22,27-28H,8,11,16-20H2,(H,33,39)(H,35,36)/t22-,28+/m1/s1. The maximum Gasteiger partial charge on any atom is 0.407 e. The predicted octanol–water partition coefficient (Wildman–Crippen LogP) is 4.49. The Bertz CT molecular complexity index is 1380. The number of nitrogens with one attached hydrogen (secondary N) is 1. The second-order valence-corrected chi connectivity index (χ2v) is 10.3. The Balaban J connectivity index is 1.27. The fourth-order valence-corrected chi connectivity index (χ4v) is 5.69. The normalized spacial score (nSPS) is 16.4. The molecular formula is C32H32N2O7. The molecular weight excluding hydrogens is 524 g/mol. The largest absolute Gasteiger partial charge is 0.481 e. The van der Waals surface area contributed by atoms with E-state index in [1.54, 1.807) is 0 Å². The summed E-state index contributed by atoms with van der Waals surface area (Å²) in [6, 6.07) is 23.3. The fourth-order valence-electron chi connectivity index (χ4n) is 5.69. The summed E-state index contributed by atoms with van der Waals surface area (Å²) in [6.45, 7) is 0.417. The van der Waals surface area contributed by atoms with Crippen molar-refractivity contribution >= 4 is 23.9 Å². The van der Waals surface area contributed by atoms with Crippen molar-refractivity contribution < 1.29 is 33.8 Å². The highest BCUT2D eigenvalue weighted by molar-refractivity contribution is 5.90. The van der Waals surface area contributed by atoms with Gasteiger partial charge in [0.15, 0.2) is 0 Å². The first-order valence-corrected chi connectivity index (χ1v) is 13.7. The first-order valence-electron chi connectivity index (χ1n) is 13.7. The second kappa shape index (κ2) is 12.7. The van der Waals surface area contributed by atoms with Crippen LogP contribution < -0.4 is 5.32 Å². The molecule has 212 valence electrons. The Labute approximate surface area is 238 Å². The number of benzene rings is 3. The number of alkyl carbamates (subject to hydrolysis) is 1. The minimum atomic E-state index is -1.26. The molecule has 1 aliphatic heterocycles. The van der Waals surface area contributed by atoms with Gasteiger partial charge < -0.3 is 24.8 Å². The highest BCUT2D eigenvalue weighted by Gasteiger charge is 2.37. The number of carbonyl (C=O) groups excluding carboxylic acids is 3. The van der Waals surface area contributed by atoms with Crippen LogP contribution in [0.3, 0.4) is 0 Å². The summed E-state index contributed by atoms with van der Waals surface area (Å²) < 4.78 is 11.0. The second-order valence-electron chi connectivity index (χ2n) is 10.3. The van der Waals surface area contributed by atoms with Crippen molar-refractivity contribution in [2.75, 3.05) is 13.2 Å². The number of ether oxygens (including phenoxy) is 2. The number of carboxylic acids is 1. The topological polar surface area (TPSA) is 122 Å². The van der Waals surface area contributed by atoms with Gasteiger partial charge >= 0.3 is 18.0 Å². The van der Waals surface area contributed by atoms with Gasteiger partial charge in [-0.3, -0.25) is 14.4 Å². The van der Waals surface area contributed by atoms with Gasteiger partial charge in [0.2, 0.25) is 5.91 Å². The number of carbonyl (C=O) groups is 4. The van der Waals surface area contributed by atoms with Crippen molar-refractivity contribution in [1.82, 2.24) is 10.2 Å². The number of hydrogen-bond acceptors (Lipinski definition) is 6. The molecule has 2 aliphatic rings. The van der Waals surface area contributed by atoms with E-state index in [0.717, 1.165) is 27.8 Å². The van der Waals surface area contributed by atoms with Gasteiger partial charge in [-0.05, 0) is 40.7 Å². The number of likely N-dealkylation sites (tertiary alicyclic amines) is 1. The molecule has 3 aromatic rings. The SMILES string of the molecule is O=C(O)C[C@H]1CCCN1C(=O)[C@H](CC(=O)OCc1ccccc1)NC(=O)OCC1c2ccccc2-c2ccccc21. The third kappa shape index (κ3) is 6.57. The van der Waals surface area contributed by atoms with Gasteiger partial charge in [-0.25, -0.2) is 4.79 Å². The molecule has 1 heterocycles. The lowest BCUT2D eigenvalue weighted by molar-refractivity contribution is -0.149. The van der Waals surface area contributed by atoms with E-state index in [2.05, 4.69) is 5.32 Å². The lowest BCUT2D eigenvalue weighted by Crippen LogP contribution is -2.51. The molecule has 9 heteroatoms. The van der Waals surface area contributed by atoms with E-state index in [9.17, 15) is 24.3 Å². The number of rotatable bonds is 10. The van der Waals surface area contributed by atoms with Gasteiger partial charge in [0.1, 0.15) is 19.3 Å². The van der Waals surface area contributed by atoms with Crippen LogP contribution in [0.4, 0.5) is 4.79 Å². The molecule has 1 saturated heterocycles. The fraction of sp³-hybridized carbons (Fsp3) is 0.312. The van der Waals surface area contributed by atoms with Crippen molar-refractivity contribution in [3.8, 4) is 11.1 Å². The molecule has 5 rings (SSSR count). The number of hydrogen-bond donors (Lipinski definition) is 2. The Morgan fingerprint density at radius 1 is 0.878 bits per heavy atom. The average molecular weight is 557 g/mol. The van der Waals surface area contributed by atoms with Crippen LogP contribution in [0.2, 0.25) is 0 Å². The zero-order valence-electron chi connectivity index (χ0n) is 22.5.